The molecule has 142 valence electrons. The topological polar surface area (TPSA) is 130 Å². The molecule has 10 heteroatoms. The summed E-state index contributed by atoms with van der Waals surface area (Å²) in [5, 5.41) is 16.9. The Balaban J connectivity index is 1.77. The first-order valence-electron chi connectivity index (χ1n) is 8.64. The second kappa shape index (κ2) is 7.68. The van der Waals surface area contributed by atoms with Crippen LogP contribution in [-0.4, -0.2) is 44.4 Å². The Bertz CT molecular complexity index is 774. The van der Waals surface area contributed by atoms with E-state index in [4.69, 9.17) is 0 Å². The molecule has 26 heavy (non-hydrogen) atoms. The van der Waals surface area contributed by atoms with Crippen LogP contribution in [0.4, 0.5) is 5.69 Å². The fourth-order valence-corrected chi connectivity index (χ4v) is 4.91. The SMILES string of the molecule is O=C1CC[C@@H](NS(=O)(=O)c2ccc([N+](=O)[O-])cc2)[C@H](C2CCNCC2)N1. The van der Waals surface area contributed by atoms with E-state index < -0.39 is 21.0 Å². The maximum atomic E-state index is 12.7. The molecule has 2 heterocycles. The van der Waals surface area contributed by atoms with Gasteiger partial charge < -0.3 is 10.6 Å². The van der Waals surface area contributed by atoms with E-state index in [1.165, 1.54) is 24.3 Å². The van der Waals surface area contributed by atoms with Crippen molar-refractivity contribution in [3.8, 4) is 0 Å². The van der Waals surface area contributed by atoms with Crippen molar-refractivity contribution in [2.75, 3.05) is 13.1 Å². The van der Waals surface area contributed by atoms with Crippen LogP contribution in [0.25, 0.3) is 0 Å². The lowest BCUT2D eigenvalue weighted by Gasteiger charge is -2.39. The molecule has 2 fully saturated rings. The molecule has 2 saturated heterocycles. The van der Waals surface area contributed by atoms with E-state index >= 15 is 0 Å². The van der Waals surface area contributed by atoms with E-state index in [9.17, 15) is 23.3 Å². The smallest absolute Gasteiger partial charge is 0.269 e. The number of carbonyl (C=O) groups is 1. The fraction of sp³-hybridized carbons (Fsp3) is 0.562. The van der Waals surface area contributed by atoms with Crippen molar-refractivity contribution < 1.29 is 18.1 Å². The standard InChI is InChI=1S/C16H22N4O5S/c21-15-6-5-14(16(18-15)11-7-9-17-10-8-11)19-26(24,25)13-3-1-12(2-4-13)20(22)23/h1-4,11,14,16-17,19H,5-10H2,(H,18,21)/t14-,16+/m1/s1. The number of sulfonamides is 1. The van der Waals surface area contributed by atoms with E-state index in [-0.39, 0.29) is 34.9 Å². The van der Waals surface area contributed by atoms with Gasteiger partial charge in [-0.25, -0.2) is 13.1 Å². The zero-order chi connectivity index (χ0) is 18.7. The third-order valence-electron chi connectivity index (χ3n) is 5.00. The Morgan fingerprint density at radius 3 is 2.38 bits per heavy atom. The lowest BCUT2D eigenvalue weighted by atomic mass is 9.83. The number of carbonyl (C=O) groups excluding carboxylic acids is 1. The Morgan fingerprint density at radius 2 is 1.77 bits per heavy atom. The third kappa shape index (κ3) is 4.19. The number of nitrogens with zero attached hydrogens (tertiary/aromatic N) is 1. The number of piperidine rings is 2. The van der Waals surface area contributed by atoms with Crippen molar-refractivity contribution in [3.63, 3.8) is 0 Å². The Labute approximate surface area is 151 Å². The summed E-state index contributed by atoms with van der Waals surface area (Å²) in [4.78, 5) is 22.0. The molecule has 3 rings (SSSR count). The van der Waals surface area contributed by atoms with Crippen molar-refractivity contribution in [2.24, 2.45) is 5.92 Å². The van der Waals surface area contributed by atoms with Crippen LogP contribution in [0.2, 0.25) is 0 Å². The van der Waals surface area contributed by atoms with Gasteiger partial charge in [0.1, 0.15) is 0 Å². The molecule has 9 nitrogen and oxygen atoms in total. The van der Waals surface area contributed by atoms with Crippen molar-refractivity contribution in [2.45, 2.75) is 42.7 Å². The Morgan fingerprint density at radius 1 is 1.12 bits per heavy atom. The molecule has 0 unspecified atom stereocenters. The molecule has 0 aliphatic carbocycles. The van der Waals surface area contributed by atoms with E-state index in [2.05, 4.69) is 15.4 Å². The quantitative estimate of drug-likeness (QED) is 0.503. The predicted octanol–water partition coefficient (Wildman–Crippen LogP) is 0.520. The van der Waals surface area contributed by atoms with Crippen molar-refractivity contribution in [3.05, 3.63) is 34.4 Å². The minimum atomic E-state index is -3.83. The maximum absolute atomic E-state index is 12.7. The molecule has 0 bridgehead atoms. The van der Waals surface area contributed by atoms with Gasteiger partial charge in [0.2, 0.25) is 15.9 Å². The van der Waals surface area contributed by atoms with Gasteiger partial charge in [-0.05, 0) is 50.4 Å². The fourth-order valence-electron chi connectivity index (χ4n) is 3.62. The average molecular weight is 382 g/mol. The van der Waals surface area contributed by atoms with Gasteiger partial charge in [-0.15, -0.1) is 0 Å². The largest absolute Gasteiger partial charge is 0.351 e. The van der Waals surface area contributed by atoms with Crippen LogP contribution in [0, 0.1) is 16.0 Å². The highest BCUT2D eigenvalue weighted by atomic mass is 32.2. The van der Waals surface area contributed by atoms with Gasteiger partial charge in [0.15, 0.2) is 0 Å². The molecule has 0 saturated carbocycles. The second-order valence-corrected chi connectivity index (χ2v) is 8.41. The number of hydrogen-bond acceptors (Lipinski definition) is 6. The summed E-state index contributed by atoms with van der Waals surface area (Å²) in [5.74, 6) is 0.157. The van der Waals surface area contributed by atoms with Crippen LogP contribution in [0.15, 0.2) is 29.2 Å². The summed E-state index contributed by atoms with van der Waals surface area (Å²) in [6.45, 7) is 1.69. The van der Waals surface area contributed by atoms with Gasteiger partial charge in [-0.1, -0.05) is 0 Å². The van der Waals surface area contributed by atoms with Gasteiger partial charge >= 0.3 is 0 Å². The molecule has 0 radical (unpaired) electrons. The normalized spacial score (nSPS) is 24.8. The van der Waals surface area contributed by atoms with E-state index in [1.807, 2.05) is 0 Å². The van der Waals surface area contributed by atoms with Crippen LogP contribution in [-0.2, 0) is 14.8 Å². The van der Waals surface area contributed by atoms with E-state index in [0.29, 0.717) is 6.42 Å². The first-order valence-corrected chi connectivity index (χ1v) is 10.1. The minimum absolute atomic E-state index is 0.0240. The zero-order valence-corrected chi connectivity index (χ0v) is 15.0. The van der Waals surface area contributed by atoms with Crippen LogP contribution >= 0.6 is 0 Å². The van der Waals surface area contributed by atoms with Crippen LogP contribution in [0.1, 0.15) is 25.7 Å². The lowest BCUT2D eigenvalue weighted by Crippen LogP contribution is -2.59. The summed E-state index contributed by atoms with van der Waals surface area (Å²) in [7, 11) is -3.83. The summed E-state index contributed by atoms with van der Waals surface area (Å²) >= 11 is 0. The number of benzene rings is 1. The third-order valence-corrected chi connectivity index (χ3v) is 6.51. The monoisotopic (exact) mass is 382 g/mol. The number of hydrogen-bond donors (Lipinski definition) is 3. The minimum Gasteiger partial charge on any atom is -0.351 e. The predicted molar refractivity (Wildman–Crippen MR) is 94.0 cm³/mol. The maximum Gasteiger partial charge on any atom is 0.269 e. The van der Waals surface area contributed by atoms with Crippen molar-refractivity contribution >= 4 is 21.6 Å². The first kappa shape index (κ1) is 18.7. The Hall–Kier alpha value is -2.04. The lowest BCUT2D eigenvalue weighted by molar-refractivity contribution is -0.384. The number of amides is 1. The Kier molecular flexibility index (Phi) is 5.54. The van der Waals surface area contributed by atoms with Crippen LogP contribution < -0.4 is 15.4 Å². The number of rotatable bonds is 5. The number of nitro groups is 1. The summed E-state index contributed by atoms with van der Waals surface area (Å²) < 4.78 is 28.1. The van der Waals surface area contributed by atoms with Crippen molar-refractivity contribution in [1.29, 1.82) is 0 Å². The number of non-ortho nitro benzene ring substituents is 1. The molecule has 0 aromatic heterocycles. The molecule has 1 aromatic carbocycles. The molecular formula is C16H22N4O5S. The molecular weight excluding hydrogens is 360 g/mol. The highest BCUT2D eigenvalue weighted by molar-refractivity contribution is 7.89. The molecule has 3 N–H and O–H groups in total. The molecule has 2 aliphatic heterocycles. The van der Waals surface area contributed by atoms with Gasteiger partial charge in [-0.3, -0.25) is 14.9 Å². The first-order chi connectivity index (χ1) is 12.4. The van der Waals surface area contributed by atoms with Gasteiger partial charge in [-0.2, -0.15) is 0 Å². The highest BCUT2D eigenvalue weighted by Gasteiger charge is 2.37. The number of nitrogens with one attached hydrogen (secondary N) is 3. The van der Waals surface area contributed by atoms with E-state index in [0.717, 1.165) is 25.9 Å². The summed E-state index contributed by atoms with van der Waals surface area (Å²) in [6, 6.07) is 4.15. The van der Waals surface area contributed by atoms with E-state index in [1.54, 1.807) is 0 Å². The molecule has 1 aromatic rings. The van der Waals surface area contributed by atoms with Crippen LogP contribution in [0.5, 0.6) is 0 Å². The summed E-state index contributed by atoms with van der Waals surface area (Å²) in [6.07, 6.45) is 2.46. The molecule has 0 spiro atoms. The number of nitro benzene ring substituents is 1. The van der Waals surface area contributed by atoms with Crippen molar-refractivity contribution in [1.82, 2.24) is 15.4 Å². The molecule has 2 atom stereocenters. The average Bonchev–Trinajstić information content (AvgIpc) is 2.64. The highest BCUT2D eigenvalue weighted by Crippen LogP contribution is 2.25. The molecule has 2 aliphatic rings. The second-order valence-electron chi connectivity index (χ2n) is 6.70. The van der Waals surface area contributed by atoms with Crippen LogP contribution in [0.3, 0.4) is 0 Å². The van der Waals surface area contributed by atoms with Gasteiger partial charge in [0.05, 0.1) is 9.82 Å². The molecule has 1 amide bonds. The van der Waals surface area contributed by atoms with Gasteiger partial charge in [0, 0.05) is 30.6 Å². The summed E-state index contributed by atoms with van der Waals surface area (Å²) in [5.41, 5.74) is -0.165. The zero-order valence-electron chi connectivity index (χ0n) is 14.2. The van der Waals surface area contributed by atoms with Gasteiger partial charge in [0.25, 0.3) is 5.69 Å².